The molecule has 0 unspecified atom stereocenters. The number of hydrogen-bond acceptors (Lipinski definition) is 3. The Labute approximate surface area is 128 Å². The number of benzene rings is 1. The average molecular weight is 344 g/mol. The van der Waals surface area contributed by atoms with Crippen molar-refractivity contribution < 1.29 is 0 Å². The molecule has 0 bridgehead atoms. The Bertz CT molecular complexity index is 906. The number of pyridine rings is 1. The first-order chi connectivity index (χ1) is 9.70. The predicted octanol–water partition coefficient (Wildman–Crippen LogP) is 4.68. The van der Waals surface area contributed by atoms with E-state index >= 15 is 0 Å². The van der Waals surface area contributed by atoms with E-state index in [9.17, 15) is 0 Å². The molecule has 98 valence electrons. The van der Waals surface area contributed by atoms with Gasteiger partial charge in [-0.15, -0.1) is 11.3 Å². The van der Waals surface area contributed by atoms with Gasteiger partial charge in [-0.2, -0.15) is 0 Å². The molecule has 0 aliphatic rings. The Hall–Kier alpha value is -1.72. The van der Waals surface area contributed by atoms with Crippen molar-refractivity contribution in [1.82, 2.24) is 14.4 Å². The van der Waals surface area contributed by atoms with Crippen LogP contribution in [0.25, 0.3) is 26.6 Å². The van der Waals surface area contributed by atoms with Crippen LogP contribution in [0, 0.1) is 6.92 Å². The molecule has 0 saturated heterocycles. The normalized spacial score (nSPS) is 11.5. The SMILES string of the molecule is Cc1cc(Br)cn2cc(-c3nc4ccccc4s3)nc12. The van der Waals surface area contributed by atoms with Gasteiger partial charge in [0.05, 0.1) is 10.2 Å². The second-order valence-electron chi connectivity index (χ2n) is 4.69. The Morgan fingerprint density at radius 3 is 2.85 bits per heavy atom. The summed E-state index contributed by atoms with van der Waals surface area (Å²) in [4.78, 5) is 9.37. The van der Waals surface area contributed by atoms with Gasteiger partial charge in [0, 0.05) is 16.9 Å². The minimum Gasteiger partial charge on any atom is -0.305 e. The average Bonchev–Trinajstić information content (AvgIpc) is 3.01. The molecule has 0 radical (unpaired) electrons. The van der Waals surface area contributed by atoms with Crippen LogP contribution in [-0.2, 0) is 0 Å². The highest BCUT2D eigenvalue weighted by Crippen LogP contribution is 2.30. The number of rotatable bonds is 1. The molecule has 0 spiro atoms. The third kappa shape index (κ3) is 1.85. The Kier molecular flexibility index (Phi) is 2.65. The summed E-state index contributed by atoms with van der Waals surface area (Å²) >= 11 is 5.19. The monoisotopic (exact) mass is 343 g/mol. The van der Waals surface area contributed by atoms with E-state index in [-0.39, 0.29) is 0 Å². The van der Waals surface area contributed by atoms with E-state index in [4.69, 9.17) is 4.98 Å². The van der Waals surface area contributed by atoms with Crippen LogP contribution in [-0.4, -0.2) is 14.4 Å². The fraction of sp³-hybridized carbons (Fsp3) is 0.0667. The van der Waals surface area contributed by atoms with Crippen molar-refractivity contribution in [2.45, 2.75) is 6.92 Å². The van der Waals surface area contributed by atoms with Gasteiger partial charge in [0.25, 0.3) is 0 Å². The van der Waals surface area contributed by atoms with E-state index in [1.807, 2.05) is 35.0 Å². The first kappa shape index (κ1) is 12.1. The van der Waals surface area contributed by atoms with Crippen molar-refractivity contribution in [1.29, 1.82) is 0 Å². The lowest BCUT2D eigenvalue weighted by atomic mass is 10.3. The lowest BCUT2D eigenvalue weighted by molar-refractivity contribution is 1.15. The molecular formula is C15H10BrN3S. The van der Waals surface area contributed by atoms with E-state index in [0.717, 1.165) is 31.9 Å². The standard InChI is InChI=1S/C15H10BrN3S/c1-9-6-10(16)7-19-8-12(17-14(9)19)15-18-11-4-2-3-5-13(11)20-15/h2-8H,1H3. The molecule has 4 rings (SSSR count). The fourth-order valence-corrected chi connectivity index (χ4v) is 3.79. The summed E-state index contributed by atoms with van der Waals surface area (Å²) in [5, 5.41) is 0.963. The fourth-order valence-electron chi connectivity index (χ4n) is 2.31. The van der Waals surface area contributed by atoms with Crippen LogP contribution in [0.4, 0.5) is 0 Å². The third-order valence-corrected chi connectivity index (χ3v) is 4.71. The number of aryl methyl sites for hydroxylation is 1. The number of halogens is 1. The second kappa shape index (κ2) is 4.40. The van der Waals surface area contributed by atoms with Gasteiger partial charge in [0.1, 0.15) is 16.3 Å². The second-order valence-corrected chi connectivity index (χ2v) is 6.63. The molecule has 0 saturated carbocycles. The van der Waals surface area contributed by atoms with Crippen LogP contribution >= 0.6 is 27.3 Å². The van der Waals surface area contributed by atoms with Crippen LogP contribution in [0.3, 0.4) is 0 Å². The molecule has 3 aromatic heterocycles. The van der Waals surface area contributed by atoms with E-state index in [1.165, 1.54) is 4.70 Å². The highest BCUT2D eigenvalue weighted by Gasteiger charge is 2.11. The van der Waals surface area contributed by atoms with Crippen molar-refractivity contribution in [2.24, 2.45) is 0 Å². The summed E-state index contributed by atoms with van der Waals surface area (Å²) in [6, 6.07) is 10.2. The molecule has 4 aromatic rings. The van der Waals surface area contributed by atoms with Crippen LogP contribution < -0.4 is 0 Å². The number of hydrogen-bond donors (Lipinski definition) is 0. The van der Waals surface area contributed by atoms with Crippen LogP contribution in [0.2, 0.25) is 0 Å². The first-order valence-corrected chi connectivity index (χ1v) is 7.82. The van der Waals surface area contributed by atoms with Crippen molar-refractivity contribution in [3.63, 3.8) is 0 Å². The highest BCUT2D eigenvalue weighted by molar-refractivity contribution is 9.10. The predicted molar refractivity (Wildman–Crippen MR) is 86.2 cm³/mol. The molecule has 1 aromatic carbocycles. The summed E-state index contributed by atoms with van der Waals surface area (Å²) in [6.07, 6.45) is 4.05. The molecule has 3 heterocycles. The molecule has 0 amide bonds. The molecule has 0 aliphatic carbocycles. The van der Waals surface area contributed by atoms with Crippen molar-refractivity contribution >= 4 is 43.1 Å². The minimum absolute atomic E-state index is 0.924. The Morgan fingerprint density at radius 1 is 1.15 bits per heavy atom. The van der Waals surface area contributed by atoms with Gasteiger partial charge in [0.2, 0.25) is 0 Å². The zero-order chi connectivity index (χ0) is 13.7. The van der Waals surface area contributed by atoms with Crippen LogP contribution in [0.15, 0.2) is 47.2 Å². The number of imidazole rings is 1. The smallest absolute Gasteiger partial charge is 0.144 e. The number of thiazole rings is 1. The number of aromatic nitrogens is 3. The quantitative estimate of drug-likeness (QED) is 0.502. The summed E-state index contributed by atoms with van der Waals surface area (Å²) in [5.41, 5.74) is 4.07. The maximum Gasteiger partial charge on any atom is 0.144 e. The van der Waals surface area contributed by atoms with Crippen molar-refractivity contribution in [3.8, 4) is 10.7 Å². The van der Waals surface area contributed by atoms with Gasteiger partial charge in [-0.1, -0.05) is 12.1 Å². The van der Waals surface area contributed by atoms with Gasteiger partial charge in [-0.3, -0.25) is 0 Å². The molecule has 3 nitrogen and oxygen atoms in total. The summed E-state index contributed by atoms with van der Waals surface area (Å²) in [7, 11) is 0. The van der Waals surface area contributed by atoms with Gasteiger partial charge >= 0.3 is 0 Å². The lowest BCUT2D eigenvalue weighted by Crippen LogP contribution is -1.86. The van der Waals surface area contributed by atoms with E-state index in [1.54, 1.807) is 11.3 Å². The Morgan fingerprint density at radius 2 is 2.00 bits per heavy atom. The zero-order valence-electron chi connectivity index (χ0n) is 10.7. The van der Waals surface area contributed by atoms with E-state index < -0.39 is 0 Å². The molecular weight excluding hydrogens is 334 g/mol. The topological polar surface area (TPSA) is 30.2 Å². The lowest BCUT2D eigenvalue weighted by Gasteiger charge is -1.97. The summed E-state index contributed by atoms with van der Waals surface area (Å²) < 4.78 is 4.29. The van der Waals surface area contributed by atoms with Gasteiger partial charge in [-0.05, 0) is 46.6 Å². The third-order valence-electron chi connectivity index (χ3n) is 3.21. The zero-order valence-corrected chi connectivity index (χ0v) is 13.1. The molecule has 0 fully saturated rings. The van der Waals surface area contributed by atoms with Gasteiger partial charge in [-0.25, -0.2) is 9.97 Å². The number of para-hydroxylation sites is 1. The molecule has 0 N–H and O–H groups in total. The largest absolute Gasteiger partial charge is 0.305 e. The molecule has 5 heteroatoms. The van der Waals surface area contributed by atoms with Crippen molar-refractivity contribution in [2.75, 3.05) is 0 Å². The van der Waals surface area contributed by atoms with Crippen molar-refractivity contribution in [3.05, 3.63) is 52.8 Å². The highest BCUT2D eigenvalue weighted by atomic mass is 79.9. The van der Waals surface area contributed by atoms with E-state index in [2.05, 4.69) is 40.0 Å². The maximum absolute atomic E-state index is 4.71. The van der Waals surface area contributed by atoms with Crippen LogP contribution in [0.5, 0.6) is 0 Å². The number of fused-ring (bicyclic) bond motifs is 2. The maximum atomic E-state index is 4.71. The minimum atomic E-state index is 0.924. The number of nitrogens with zero attached hydrogens (tertiary/aromatic N) is 3. The molecule has 0 atom stereocenters. The van der Waals surface area contributed by atoms with Gasteiger partial charge in [0.15, 0.2) is 0 Å². The summed E-state index contributed by atoms with van der Waals surface area (Å²) in [6.45, 7) is 2.06. The summed E-state index contributed by atoms with van der Waals surface area (Å²) in [5.74, 6) is 0. The van der Waals surface area contributed by atoms with E-state index in [0.29, 0.717) is 0 Å². The van der Waals surface area contributed by atoms with Gasteiger partial charge < -0.3 is 4.40 Å². The first-order valence-electron chi connectivity index (χ1n) is 6.21. The Balaban J connectivity index is 1.95. The molecule has 0 aliphatic heterocycles. The molecule has 20 heavy (non-hydrogen) atoms. The van der Waals surface area contributed by atoms with Crippen LogP contribution in [0.1, 0.15) is 5.56 Å².